The van der Waals surface area contributed by atoms with Gasteiger partial charge in [0.2, 0.25) is 5.91 Å². The average Bonchev–Trinajstić information content (AvgIpc) is 2.09. The largest absolute Gasteiger partial charge is 0.481 e. The van der Waals surface area contributed by atoms with Crippen LogP contribution in [-0.4, -0.2) is 42.9 Å². The minimum absolute atomic E-state index is 0.0235. The third-order valence-electron chi connectivity index (χ3n) is 2.28. The zero-order valence-electron chi connectivity index (χ0n) is 9.61. The van der Waals surface area contributed by atoms with Gasteiger partial charge in [0.15, 0.2) is 9.84 Å². The average molecular weight is 251 g/mol. The molecule has 0 aliphatic carbocycles. The molecule has 0 saturated carbocycles. The zero-order chi connectivity index (χ0) is 13.0. The maximum Gasteiger partial charge on any atom is 0.303 e. The molecule has 0 aromatic rings. The van der Waals surface area contributed by atoms with Crippen molar-refractivity contribution in [2.75, 3.05) is 12.8 Å². The standard InChI is InChI=1S/C9H17NO5S/c1-9(2,16(3,14)15)6-10-7(11)4-5-8(12)13/h4-6H2,1-3H3,(H,10,11)(H,12,13). The van der Waals surface area contributed by atoms with Crippen LogP contribution in [0.25, 0.3) is 0 Å². The van der Waals surface area contributed by atoms with E-state index in [1.54, 1.807) is 0 Å². The highest BCUT2D eigenvalue weighted by molar-refractivity contribution is 7.92. The van der Waals surface area contributed by atoms with Crippen molar-refractivity contribution in [2.45, 2.75) is 31.4 Å². The Morgan fingerprint density at radius 2 is 1.75 bits per heavy atom. The van der Waals surface area contributed by atoms with E-state index in [9.17, 15) is 18.0 Å². The first-order chi connectivity index (χ1) is 7.06. The monoisotopic (exact) mass is 251 g/mol. The Balaban J connectivity index is 4.16. The number of carbonyl (C=O) groups is 2. The number of hydrogen-bond donors (Lipinski definition) is 2. The highest BCUT2D eigenvalue weighted by atomic mass is 32.2. The molecule has 94 valence electrons. The van der Waals surface area contributed by atoms with E-state index in [-0.39, 0.29) is 19.4 Å². The predicted molar refractivity (Wildman–Crippen MR) is 58.8 cm³/mol. The van der Waals surface area contributed by atoms with E-state index >= 15 is 0 Å². The fourth-order valence-corrected chi connectivity index (χ4v) is 1.09. The second kappa shape index (κ2) is 5.29. The predicted octanol–water partition coefficient (Wildman–Crippen LogP) is -0.209. The first-order valence-corrected chi connectivity index (χ1v) is 6.63. The highest BCUT2D eigenvalue weighted by Crippen LogP contribution is 2.13. The van der Waals surface area contributed by atoms with Crippen LogP contribution in [0, 0.1) is 0 Å². The van der Waals surface area contributed by atoms with Gasteiger partial charge in [-0.3, -0.25) is 9.59 Å². The van der Waals surface area contributed by atoms with Crippen LogP contribution in [-0.2, 0) is 19.4 Å². The van der Waals surface area contributed by atoms with E-state index in [2.05, 4.69) is 5.32 Å². The molecule has 0 bridgehead atoms. The lowest BCUT2D eigenvalue weighted by Crippen LogP contribution is -2.43. The number of sulfone groups is 1. The Morgan fingerprint density at radius 1 is 1.25 bits per heavy atom. The summed E-state index contributed by atoms with van der Waals surface area (Å²) in [7, 11) is -3.26. The van der Waals surface area contributed by atoms with Crippen molar-refractivity contribution in [3.63, 3.8) is 0 Å². The molecule has 1 amide bonds. The van der Waals surface area contributed by atoms with E-state index < -0.39 is 26.5 Å². The molecule has 16 heavy (non-hydrogen) atoms. The first kappa shape index (κ1) is 14.9. The molecule has 0 fully saturated rings. The summed E-state index contributed by atoms with van der Waals surface area (Å²) >= 11 is 0. The maximum absolute atomic E-state index is 11.3. The summed E-state index contributed by atoms with van der Waals surface area (Å²) in [4.78, 5) is 21.3. The van der Waals surface area contributed by atoms with E-state index in [0.717, 1.165) is 6.26 Å². The smallest absolute Gasteiger partial charge is 0.303 e. The Bertz CT molecular complexity index is 371. The summed E-state index contributed by atoms with van der Waals surface area (Å²) in [6.45, 7) is 2.98. The summed E-state index contributed by atoms with van der Waals surface area (Å²) in [6.07, 6.45) is 0.691. The molecule has 0 heterocycles. The van der Waals surface area contributed by atoms with Gasteiger partial charge in [-0.25, -0.2) is 8.42 Å². The van der Waals surface area contributed by atoms with Crippen LogP contribution in [0.15, 0.2) is 0 Å². The van der Waals surface area contributed by atoms with Crippen molar-refractivity contribution in [1.29, 1.82) is 0 Å². The Kier molecular flexibility index (Phi) is 4.92. The van der Waals surface area contributed by atoms with Crippen molar-refractivity contribution in [2.24, 2.45) is 0 Å². The maximum atomic E-state index is 11.3. The van der Waals surface area contributed by atoms with Crippen LogP contribution in [0.5, 0.6) is 0 Å². The van der Waals surface area contributed by atoms with Gasteiger partial charge in [-0.15, -0.1) is 0 Å². The molecular formula is C9H17NO5S. The van der Waals surface area contributed by atoms with Crippen LogP contribution in [0.3, 0.4) is 0 Å². The van der Waals surface area contributed by atoms with Gasteiger partial charge in [-0.2, -0.15) is 0 Å². The molecule has 0 aromatic carbocycles. The van der Waals surface area contributed by atoms with Crippen molar-refractivity contribution < 1.29 is 23.1 Å². The molecule has 0 unspecified atom stereocenters. The van der Waals surface area contributed by atoms with Gasteiger partial charge in [-0.1, -0.05) is 0 Å². The minimum atomic E-state index is -3.26. The van der Waals surface area contributed by atoms with Crippen LogP contribution >= 0.6 is 0 Å². The summed E-state index contributed by atoms with van der Waals surface area (Å²) in [5.74, 6) is -1.52. The third kappa shape index (κ3) is 5.11. The summed E-state index contributed by atoms with van der Waals surface area (Å²) in [5.41, 5.74) is 0. The molecular weight excluding hydrogens is 234 g/mol. The SMILES string of the molecule is CC(C)(CNC(=O)CCC(=O)O)S(C)(=O)=O. The van der Waals surface area contributed by atoms with Crippen LogP contribution in [0.2, 0.25) is 0 Å². The lowest BCUT2D eigenvalue weighted by Gasteiger charge is -2.22. The molecule has 0 radical (unpaired) electrons. The number of amides is 1. The molecule has 0 saturated heterocycles. The third-order valence-corrected chi connectivity index (χ3v) is 4.43. The Hall–Kier alpha value is -1.11. The lowest BCUT2D eigenvalue weighted by molar-refractivity contribution is -0.138. The van der Waals surface area contributed by atoms with Crippen LogP contribution < -0.4 is 5.32 Å². The summed E-state index contributed by atoms with van der Waals surface area (Å²) in [6, 6.07) is 0. The van der Waals surface area contributed by atoms with Crippen molar-refractivity contribution in [3.8, 4) is 0 Å². The molecule has 2 N–H and O–H groups in total. The van der Waals surface area contributed by atoms with E-state index in [1.165, 1.54) is 13.8 Å². The molecule has 0 atom stereocenters. The van der Waals surface area contributed by atoms with Gasteiger partial charge in [-0.05, 0) is 13.8 Å². The minimum Gasteiger partial charge on any atom is -0.481 e. The molecule has 6 nitrogen and oxygen atoms in total. The number of hydrogen-bond acceptors (Lipinski definition) is 4. The van der Waals surface area contributed by atoms with Crippen LogP contribution in [0.1, 0.15) is 26.7 Å². The first-order valence-electron chi connectivity index (χ1n) is 4.74. The fraction of sp³-hybridized carbons (Fsp3) is 0.778. The number of carboxylic acid groups (broad SMARTS) is 1. The number of rotatable bonds is 6. The Morgan fingerprint density at radius 3 is 2.12 bits per heavy atom. The molecule has 0 aliphatic rings. The van der Waals surface area contributed by atoms with Crippen LogP contribution in [0.4, 0.5) is 0 Å². The lowest BCUT2D eigenvalue weighted by atomic mass is 10.2. The number of nitrogens with one attached hydrogen (secondary N) is 1. The van der Waals surface area contributed by atoms with Gasteiger partial charge in [0, 0.05) is 19.2 Å². The molecule has 0 rings (SSSR count). The number of carboxylic acids is 1. The number of aliphatic carboxylic acids is 1. The molecule has 0 aliphatic heterocycles. The number of carbonyl (C=O) groups excluding carboxylic acids is 1. The van der Waals surface area contributed by atoms with Crippen molar-refractivity contribution >= 4 is 21.7 Å². The normalized spacial score (nSPS) is 12.2. The Labute approximate surface area is 95.0 Å². The second-order valence-corrected chi connectivity index (χ2v) is 6.85. The fourth-order valence-electron chi connectivity index (χ4n) is 0.751. The van der Waals surface area contributed by atoms with Gasteiger partial charge >= 0.3 is 5.97 Å². The molecule has 0 spiro atoms. The van der Waals surface area contributed by atoms with Crippen molar-refractivity contribution in [1.82, 2.24) is 5.32 Å². The van der Waals surface area contributed by atoms with Gasteiger partial charge in [0.1, 0.15) is 0 Å². The van der Waals surface area contributed by atoms with E-state index in [1.807, 2.05) is 0 Å². The topological polar surface area (TPSA) is 101 Å². The van der Waals surface area contributed by atoms with Crippen molar-refractivity contribution in [3.05, 3.63) is 0 Å². The summed E-state index contributed by atoms with van der Waals surface area (Å²) < 4.78 is 21.5. The van der Waals surface area contributed by atoms with E-state index in [4.69, 9.17) is 5.11 Å². The molecule has 0 aromatic heterocycles. The quantitative estimate of drug-likeness (QED) is 0.680. The van der Waals surface area contributed by atoms with Gasteiger partial charge < -0.3 is 10.4 Å². The zero-order valence-corrected chi connectivity index (χ0v) is 10.4. The summed E-state index contributed by atoms with van der Waals surface area (Å²) in [5, 5.41) is 10.7. The van der Waals surface area contributed by atoms with E-state index in [0.29, 0.717) is 0 Å². The van der Waals surface area contributed by atoms with Gasteiger partial charge in [0.25, 0.3) is 0 Å². The van der Waals surface area contributed by atoms with Gasteiger partial charge in [0.05, 0.1) is 11.2 Å². The second-order valence-electron chi connectivity index (χ2n) is 4.20. The highest BCUT2D eigenvalue weighted by Gasteiger charge is 2.30. The molecule has 7 heteroatoms.